The van der Waals surface area contributed by atoms with E-state index >= 15 is 0 Å². The molecule has 0 unspecified atom stereocenters. The lowest BCUT2D eigenvalue weighted by Gasteiger charge is -2.06. The Morgan fingerprint density at radius 1 is 1.48 bits per heavy atom. The summed E-state index contributed by atoms with van der Waals surface area (Å²) >= 11 is 8.43. The number of hydrogen-bond acceptors (Lipinski definition) is 7. The molecular weight excluding hydrogens is 356 g/mol. The Morgan fingerprint density at radius 2 is 2.26 bits per heavy atom. The number of phenols is 1. The first-order chi connectivity index (χ1) is 11.0. The molecule has 1 atom stereocenters. The van der Waals surface area contributed by atoms with Gasteiger partial charge in [-0.2, -0.15) is 0 Å². The lowest BCUT2D eigenvalue weighted by molar-refractivity contribution is -0.114. The van der Waals surface area contributed by atoms with Crippen LogP contribution in [-0.2, 0) is 4.79 Å². The van der Waals surface area contributed by atoms with Crippen molar-refractivity contribution in [3.63, 3.8) is 0 Å². The van der Waals surface area contributed by atoms with E-state index in [2.05, 4.69) is 4.98 Å². The number of nitrogens with zero attached hydrogens (tertiary/aromatic N) is 1. The van der Waals surface area contributed by atoms with Crippen LogP contribution in [0.4, 0.5) is 0 Å². The van der Waals surface area contributed by atoms with Gasteiger partial charge in [-0.1, -0.05) is 23.4 Å². The van der Waals surface area contributed by atoms with Crippen LogP contribution >= 0.6 is 34.7 Å². The number of carbonyl (C=O) groups is 1. The Bertz CT molecular complexity index is 818. The number of thiazole rings is 1. The fourth-order valence-corrected chi connectivity index (χ4v) is 4.20. The minimum absolute atomic E-state index is 0.137. The van der Waals surface area contributed by atoms with Crippen LogP contribution < -0.4 is 4.74 Å². The maximum absolute atomic E-state index is 12.5. The van der Waals surface area contributed by atoms with Crippen molar-refractivity contribution >= 4 is 51.6 Å². The molecule has 23 heavy (non-hydrogen) atoms. The predicted octanol–water partition coefficient (Wildman–Crippen LogP) is 3.93. The lowest BCUT2D eigenvalue weighted by atomic mass is 10.0. The number of ether oxygens (including phenoxy) is 1. The molecule has 0 aliphatic carbocycles. The molecule has 2 aromatic rings. The van der Waals surface area contributed by atoms with Crippen LogP contribution in [0, 0.1) is 5.41 Å². The van der Waals surface area contributed by atoms with Gasteiger partial charge in [-0.25, -0.2) is 4.98 Å². The number of halogens is 1. The highest BCUT2D eigenvalue weighted by molar-refractivity contribution is 8.19. The molecule has 1 aliphatic heterocycles. The van der Waals surface area contributed by atoms with Gasteiger partial charge in [0.15, 0.2) is 17.3 Å². The monoisotopic (exact) mass is 366 g/mol. The first kappa shape index (κ1) is 16.0. The molecule has 3 rings (SSSR count). The van der Waals surface area contributed by atoms with Gasteiger partial charge >= 0.3 is 0 Å². The Balaban J connectivity index is 1.97. The number of carbonyl (C=O) groups excluding carboxylic acids is 1. The van der Waals surface area contributed by atoms with Crippen LogP contribution in [0.3, 0.4) is 0 Å². The topological polar surface area (TPSA) is 83.3 Å². The van der Waals surface area contributed by atoms with E-state index in [4.69, 9.17) is 21.7 Å². The summed E-state index contributed by atoms with van der Waals surface area (Å²) in [6.07, 6.45) is 3.26. The number of Topliss-reactive ketones (excluding diaryl/α,β-unsaturated/α-hetero) is 1. The average molecular weight is 367 g/mol. The van der Waals surface area contributed by atoms with Gasteiger partial charge in [-0.05, 0) is 23.8 Å². The van der Waals surface area contributed by atoms with Gasteiger partial charge in [0.2, 0.25) is 0 Å². The van der Waals surface area contributed by atoms with Crippen LogP contribution in [0.15, 0.2) is 28.6 Å². The van der Waals surface area contributed by atoms with Crippen molar-refractivity contribution in [2.24, 2.45) is 0 Å². The summed E-state index contributed by atoms with van der Waals surface area (Å²) in [4.78, 5) is 17.1. The summed E-state index contributed by atoms with van der Waals surface area (Å²) in [6, 6.07) is 3.13. The Labute approximate surface area is 145 Å². The SMILES string of the molecule is COc1cc(/C=C2\SC(=N)[C@@H](c3nccs3)C2=O)cc(Cl)c1O. The molecule has 2 N–H and O–H groups in total. The molecule has 1 aliphatic rings. The van der Waals surface area contributed by atoms with Gasteiger partial charge in [0.25, 0.3) is 0 Å². The summed E-state index contributed by atoms with van der Waals surface area (Å²) in [7, 11) is 1.42. The van der Waals surface area contributed by atoms with Gasteiger partial charge < -0.3 is 9.84 Å². The highest BCUT2D eigenvalue weighted by atomic mass is 35.5. The fourth-order valence-electron chi connectivity index (χ4n) is 2.18. The number of benzene rings is 1. The zero-order valence-corrected chi connectivity index (χ0v) is 14.3. The number of hydrogen-bond donors (Lipinski definition) is 2. The maximum Gasteiger partial charge on any atom is 0.186 e. The summed E-state index contributed by atoms with van der Waals surface area (Å²) in [5.41, 5.74) is 0.619. The van der Waals surface area contributed by atoms with Crippen molar-refractivity contribution in [1.82, 2.24) is 4.98 Å². The molecule has 1 aromatic heterocycles. The van der Waals surface area contributed by atoms with Crippen LogP contribution in [-0.4, -0.2) is 28.0 Å². The second-order valence-corrected chi connectivity index (χ2v) is 7.11. The van der Waals surface area contributed by atoms with Gasteiger partial charge in [-0.15, -0.1) is 11.3 Å². The Hall–Kier alpha value is -1.83. The molecule has 118 valence electrons. The Morgan fingerprint density at radius 3 is 2.91 bits per heavy atom. The number of phenolic OH excluding ortho intramolecular Hbond substituents is 1. The quantitative estimate of drug-likeness (QED) is 0.804. The van der Waals surface area contributed by atoms with E-state index in [1.165, 1.54) is 18.4 Å². The summed E-state index contributed by atoms with van der Waals surface area (Å²) in [6.45, 7) is 0. The normalized spacial score (nSPS) is 19.6. The number of thioether (sulfide) groups is 1. The van der Waals surface area contributed by atoms with Crippen molar-refractivity contribution in [1.29, 1.82) is 5.41 Å². The van der Waals surface area contributed by atoms with Crippen molar-refractivity contribution in [2.45, 2.75) is 5.92 Å². The highest BCUT2D eigenvalue weighted by Crippen LogP contribution is 2.42. The highest BCUT2D eigenvalue weighted by Gasteiger charge is 2.38. The van der Waals surface area contributed by atoms with Gasteiger partial charge in [0, 0.05) is 11.6 Å². The van der Waals surface area contributed by atoms with Gasteiger partial charge in [0.05, 0.1) is 22.1 Å². The minimum Gasteiger partial charge on any atom is -0.503 e. The summed E-state index contributed by atoms with van der Waals surface area (Å²) in [5.74, 6) is -0.694. The van der Waals surface area contributed by atoms with E-state index in [9.17, 15) is 9.90 Å². The van der Waals surface area contributed by atoms with Crippen molar-refractivity contribution in [2.75, 3.05) is 7.11 Å². The molecule has 1 saturated heterocycles. The molecule has 5 nitrogen and oxygen atoms in total. The van der Waals surface area contributed by atoms with E-state index < -0.39 is 5.92 Å². The van der Waals surface area contributed by atoms with E-state index in [0.29, 0.717) is 15.5 Å². The van der Waals surface area contributed by atoms with Crippen molar-refractivity contribution in [3.8, 4) is 11.5 Å². The second kappa shape index (κ2) is 6.35. The molecule has 8 heteroatoms. The molecule has 0 saturated carbocycles. The number of aromatic nitrogens is 1. The van der Waals surface area contributed by atoms with E-state index in [-0.39, 0.29) is 27.3 Å². The molecule has 0 bridgehead atoms. The van der Waals surface area contributed by atoms with E-state index in [1.54, 1.807) is 29.8 Å². The third-order valence-electron chi connectivity index (χ3n) is 3.25. The smallest absolute Gasteiger partial charge is 0.186 e. The average Bonchev–Trinajstić information content (AvgIpc) is 3.12. The maximum atomic E-state index is 12.5. The molecule has 0 radical (unpaired) electrons. The van der Waals surface area contributed by atoms with Gasteiger partial charge in [-0.3, -0.25) is 10.2 Å². The lowest BCUT2D eigenvalue weighted by Crippen LogP contribution is -2.11. The first-order valence-electron chi connectivity index (χ1n) is 6.49. The van der Waals surface area contributed by atoms with E-state index in [0.717, 1.165) is 11.8 Å². The third kappa shape index (κ3) is 2.99. The van der Waals surface area contributed by atoms with Gasteiger partial charge in [0.1, 0.15) is 10.9 Å². The molecule has 0 amide bonds. The number of rotatable bonds is 3. The van der Waals surface area contributed by atoms with Crippen molar-refractivity contribution < 1.29 is 14.6 Å². The van der Waals surface area contributed by atoms with Crippen LogP contribution in [0.25, 0.3) is 6.08 Å². The Kier molecular flexibility index (Phi) is 4.43. The number of aromatic hydroxyl groups is 1. The molecule has 0 spiro atoms. The standard InChI is InChI=1S/C15H11ClN2O3S2/c1-21-9-5-7(4-8(16)12(9)19)6-10-13(20)11(14(17)23-10)15-18-2-3-22-15/h2-6,11,17,19H,1H3/b10-6-,17-14?/t11-/m0/s1. The van der Waals surface area contributed by atoms with E-state index in [1.807, 2.05) is 0 Å². The largest absolute Gasteiger partial charge is 0.503 e. The summed E-state index contributed by atoms with van der Waals surface area (Å²) < 4.78 is 5.05. The van der Waals surface area contributed by atoms with Crippen LogP contribution in [0.5, 0.6) is 11.5 Å². The minimum atomic E-state index is -0.624. The third-order valence-corrected chi connectivity index (χ3v) is 5.38. The van der Waals surface area contributed by atoms with Crippen LogP contribution in [0.2, 0.25) is 5.02 Å². The first-order valence-corrected chi connectivity index (χ1v) is 8.56. The molecule has 1 fully saturated rings. The molecular formula is C15H11ClN2O3S2. The fraction of sp³-hybridized carbons (Fsp3) is 0.133. The number of allylic oxidation sites excluding steroid dienone is 1. The van der Waals surface area contributed by atoms with Crippen LogP contribution in [0.1, 0.15) is 16.5 Å². The number of nitrogens with one attached hydrogen (secondary N) is 1. The zero-order valence-electron chi connectivity index (χ0n) is 11.9. The zero-order chi connectivity index (χ0) is 16.6. The predicted molar refractivity (Wildman–Crippen MR) is 92.8 cm³/mol. The number of ketones is 1. The number of methoxy groups -OCH3 is 1. The molecule has 2 heterocycles. The molecule has 1 aromatic carbocycles. The second-order valence-electron chi connectivity index (χ2n) is 4.70. The van der Waals surface area contributed by atoms with Crippen molar-refractivity contribution in [3.05, 3.63) is 44.2 Å². The summed E-state index contributed by atoms with van der Waals surface area (Å²) in [5, 5.41) is 20.6.